The second-order valence-corrected chi connectivity index (χ2v) is 6.34. The molecule has 1 heterocycles. The molecule has 2 atom stereocenters. The van der Waals surface area contributed by atoms with Crippen molar-refractivity contribution in [2.45, 2.75) is 51.4 Å². The summed E-state index contributed by atoms with van der Waals surface area (Å²) in [4.78, 5) is 25.2. The van der Waals surface area contributed by atoms with Crippen molar-refractivity contribution in [1.82, 2.24) is 10.2 Å². The summed E-state index contributed by atoms with van der Waals surface area (Å²) in [6.45, 7) is 5.73. The van der Waals surface area contributed by atoms with Crippen LogP contribution < -0.4 is 5.32 Å². The normalized spacial score (nSPS) is 27.3. The molecule has 1 saturated heterocycles. The minimum absolute atomic E-state index is 0.150. The molecule has 6 heteroatoms. The van der Waals surface area contributed by atoms with Crippen molar-refractivity contribution in [3.05, 3.63) is 0 Å². The lowest BCUT2D eigenvalue weighted by atomic mass is 10.1. The Morgan fingerprint density at radius 2 is 1.89 bits per heavy atom. The number of likely N-dealkylation sites (tertiary alicyclic amines) is 1. The van der Waals surface area contributed by atoms with E-state index in [2.05, 4.69) is 5.32 Å². The van der Waals surface area contributed by atoms with Crippen molar-refractivity contribution < 1.29 is 19.4 Å². The third-order valence-corrected chi connectivity index (χ3v) is 3.20. The minimum atomic E-state index is -0.814. The summed E-state index contributed by atoms with van der Waals surface area (Å²) in [5.74, 6) is -0.714. The first kappa shape index (κ1) is 14.1. The molecule has 1 saturated carbocycles. The number of ether oxygens (including phenoxy) is 1. The summed E-state index contributed by atoms with van der Waals surface area (Å²) < 4.78 is 5.24. The zero-order valence-electron chi connectivity index (χ0n) is 11.7. The van der Waals surface area contributed by atoms with Crippen LogP contribution in [-0.2, 0) is 9.53 Å². The van der Waals surface area contributed by atoms with Gasteiger partial charge in [-0.15, -0.1) is 0 Å². The SMILES string of the molecule is CC(C)(C)OC(=O)N1C[C@H](C(=O)NC2CC2)[C@@H](O)C1. The molecule has 1 aliphatic carbocycles. The summed E-state index contributed by atoms with van der Waals surface area (Å²) >= 11 is 0. The van der Waals surface area contributed by atoms with Crippen molar-refractivity contribution in [2.75, 3.05) is 13.1 Å². The number of β-amino-alcohol motifs (C(OH)–C–C–N with tert-alkyl or cyclic N) is 1. The predicted molar refractivity (Wildman–Crippen MR) is 68.5 cm³/mol. The molecule has 2 fully saturated rings. The fourth-order valence-electron chi connectivity index (χ4n) is 2.06. The van der Waals surface area contributed by atoms with Crippen LogP contribution in [0.4, 0.5) is 4.79 Å². The Balaban J connectivity index is 1.88. The zero-order chi connectivity index (χ0) is 14.2. The average molecular weight is 270 g/mol. The highest BCUT2D eigenvalue weighted by Gasteiger charge is 2.41. The van der Waals surface area contributed by atoms with Crippen molar-refractivity contribution in [2.24, 2.45) is 5.92 Å². The fourth-order valence-corrected chi connectivity index (χ4v) is 2.06. The van der Waals surface area contributed by atoms with Gasteiger partial charge in [0.1, 0.15) is 5.60 Å². The van der Waals surface area contributed by atoms with Gasteiger partial charge in [-0.2, -0.15) is 0 Å². The Kier molecular flexibility index (Phi) is 3.71. The zero-order valence-corrected chi connectivity index (χ0v) is 11.7. The highest BCUT2D eigenvalue weighted by atomic mass is 16.6. The quantitative estimate of drug-likeness (QED) is 0.765. The number of hydrogen-bond donors (Lipinski definition) is 2. The summed E-state index contributed by atoms with van der Waals surface area (Å²) in [6.07, 6.45) is 0.717. The number of amides is 2. The van der Waals surface area contributed by atoms with E-state index >= 15 is 0 Å². The molecule has 2 rings (SSSR count). The third-order valence-electron chi connectivity index (χ3n) is 3.20. The Labute approximate surface area is 113 Å². The van der Waals surface area contributed by atoms with E-state index in [-0.39, 0.29) is 25.0 Å². The second-order valence-electron chi connectivity index (χ2n) is 6.34. The first-order chi connectivity index (χ1) is 8.76. The van der Waals surface area contributed by atoms with Gasteiger partial charge >= 0.3 is 6.09 Å². The van der Waals surface area contributed by atoms with E-state index in [1.54, 1.807) is 20.8 Å². The van der Waals surface area contributed by atoms with E-state index in [1.165, 1.54) is 4.90 Å². The van der Waals surface area contributed by atoms with Crippen LogP contribution >= 0.6 is 0 Å². The fraction of sp³-hybridized carbons (Fsp3) is 0.846. The summed E-state index contributed by atoms with van der Waals surface area (Å²) in [7, 11) is 0. The van der Waals surface area contributed by atoms with E-state index in [0.717, 1.165) is 12.8 Å². The van der Waals surface area contributed by atoms with Gasteiger partial charge in [0.05, 0.1) is 18.6 Å². The van der Waals surface area contributed by atoms with Gasteiger partial charge in [0, 0.05) is 12.6 Å². The third kappa shape index (κ3) is 3.83. The molecule has 0 bridgehead atoms. The van der Waals surface area contributed by atoms with Crippen molar-refractivity contribution in [1.29, 1.82) is 0 Å². The highest BCUT2D eigenvalue weighted by molar-refractivity contribution is 5.81. The molecule has 0 radical (unpaired) electrons. The Hall–Kier alpha value is -1.30. The topological polar surface area (TPSA) is 78.9 Å². The Morgan fingerprint density at radius 1 is 1.26 bits per heavy atom. The smallest absolute Gasteiger partial charge is 0.410 e. The molecule has 6 nitrogen and oxygen atoms in total. The number of hydrogen-bond acceptors (Lipinski definition) is 4. The lowest BCUT2D eigenvalue weighted by Gasteiger charge is -2.24. The highest BCUT2D eigenvalue weighted by Crippen LogP contribution is 2.23. The van der Waals surface area contributed by atoms with Gasteiger partial charge in [0.2, 0.25) is 5.91 Å². The number of rotatable bonds is 2. The van der Waals surface area contributed by atoms with Crippen LogP contribution in [0.3, 0.4) is 0 Å². The first-order valence-corrected chi connectivity index (χ1v) is 6.72. The molecule has 2 N–H and O–H groups in total. The maximum absolute atomic E-state index is 11.9. The van der Waals surface area contributed by atoms with Crippen LogP contribution in [-0.4, -0.2) is 52.8 Å². The standard InChI is InChI=1S/C13H22N2O4/c1-13(2,3)19-12(18)15-6-9(10(16)7-15)11(17)14-8-4-5-8/h8-10,16H,4-7H2,1-3H3,(H,14,17)/t9-,10-/m0/s1. The lowest BCUT2D eigenvalue weighted by molar-refractivity contribution is -0.127. The number of carbonyl (C=O) groups is 2. The monoisotopic (exact) mass is 270 g/mol. The largest absolute Gasteiger partial charge is 0.444 e. The van der Waals surface area contributed by atoms with Gasteiger partial charge in [-0.25, -0.2) is 4.79 Å². The van der Waals surface area contributed by atoms with Gasteiger partial charge in [0.15, 0.2) is 0 Å². The molecule has 19 heavy (non-hydrogen) atoms. The van der Waals surface area contributed by atoms with E-state index < -0.39 is 23.7 Å². The van der Waals surface area contributed by atoms with Crippen molar-refractivity contribution >= 4 is 12.0 Å². The first-order valence-electron chi connectivity index (χ1n) is 6.72. The van der Waals surface area contributed by atoms with Crippen LogP contribution in [0, 0.1) is 5.92 Å². The van der Waals surface area contributed by atoms with Crippen LogP contribution in [0.1, 0.15) is 33.6 Å². The predicted octanol–water partition coefficient (Wildman–Crippen LogP) is 0.493. The van der Waals surface area contributed by atoms with E-state index in [0.29, 0.717) is 0 Å². The lowest BCUT2D eigenvalue weighted by Crippen LogP contribution is -2.39. The molecule has 2 amide bonds. The average Bonchev–Trinajstić information content (AvgIpc) is 2.96. The molecule has 108 valence electrons. The van der Waals surface area contributed by atoms with Gasteiger partial charge in [0.25, 0.3) is 0 Å². The maximum Gasteiger partial charge on any atom is 0.410 e. The Bertz CT molecular complexity index is 373. The molecule has 0 aromatic heterocycles. The number of nitrogens with zero attached hydrogens (tertiary/aromatic N) is 1. The van der Waals surface area contributed by atoms with Crippen LogP contribution in [0.5, 0.6) is 0 Å². The minimum Gasteiger partial charge on any atom is -0.444 e. The molecular formula is C13H22N2O4. The Morgan fingerprint density at radius 3 is 2.42 bits per heavy atom. The summed E-state index contributed by atoms with van der Waals surface area (Å²) in [5, 5.41) is 12.8. The summed E-state index contributed by atoms with van der Waals surface area (Å²) in [6, 6.07) is 0.260. The van der Waals surface area contributed by atoms with Crippen molar-refractivity contribution in [3.63, 3.8) is 0 Å². The number of aliphatic hydroxyl groups is 1. The molecule has 0 aromatic carbocycles. The molecule has 0 spiro atoms. The number of nitrogens with one attached hydrogen (secondary N) is 1. The van der Waals surface area contributed by atoms with E-state index in [9.17, 15) is 14.7 Å². The van der Waals surface area contributed by atoms with Gasteiger partial charge in [-0.05, 0) is 33.6 Å². The van der Waals surface area contributed by atoms with Crippen molar-refractivity contribution in [3.8, 4) is 0 Å². The number of aliphatic hydroxyl groups excluding tert-OH is 1. The summed E-state index contributed by atoms with van der Waals surface area (Å²) in [5.41, 5.74) is -0.573. The molecule has 2 aliphatic rings. The van der Waals surface area contributed by atoms with Crippen LogP contribution in [0.15, 0.2) is 0 Å². The number of carbonyl (C=O) groups excluding carboxylic acids is 2. The van der Waals surface area contributed by atoms with Crippen LogP contribution in [0.25, 0.3) is 0 Å². The van der Waals surface area contributed by atoms with E-state index in [4.69, 9.17) is 4.74 Å². The van der Waals surface area contributed by atoms with E-state index in [1.807, 2.05) is 0 Å². The molecule has 0 unspecified atom stereocenters. The molecule has 1 aliphatic heterocycles. The molecular weight excluding hydrogens is 248 g/mol. The second kappa shape index (κ2) is 5.00. The maximum atomic E-state index is 11.9. The van der Waals surface area contributed by atoms with Crippen LogP contribution in [0.2, 0.25) is 0 Å². The van der Waals surface area contributed by atoms with Gasteiger partial charge in [-0.3, -0.25) is 4.79 Å². The van der Waals surface area contributed by atoms with Gasteiger partial charge in [-0.1, -0.05) is 0 Å². The van der Waals surface area contributed by atoms with Gasteiger partial charge < -0.3 is 20.1 Å². The molecule has 0 aromatic rings.